The Morgan fingerprint density at radius 2 is 1.60 bits per heavy atom. The van der Waals surface area contributed by atoms with Crippen LogP contribution in [0.3, 0.4) is 0 Å². The van der Waals surface area contributed by atoms with E-state index in [1.54, 1.807) is 0 Å². The second kappa shape index (κ2) is 9.13. The number of ether oxygens (including phenoxy) is 2. The quantitative estimate of drug-likeness (QED) is 0.602. The third-order valence-electron chi connectivity index (χ3n) is 2.65. The van der Waals surface area contributed by atoms with Crippen LogP contribution in [0.2, 0.25) is 0 Å². The van der Waals surface area contributed by atoms with Crippen molar-refractivity contribution >= 4 is 0 Å². The van der Waals surface area contributed by atoms with E-state index in [0.717, 1.165) is 0 Å². The predicted octanol–water partition coefficient (Wildman–Crippen LogP) is 2.41. The average Bonchev–Trinajstić information content (AvgIpc) is 2.20. The molecule has 0 aliphatic heterocycles. The van der Waals surface area contributed by atoms with Crippen LogP contribution in [0, 0.1) is 5.92 Å². The molecule has 92 valence electrons. The van der Waals surface area contributed by atoms with Crippen LogP contribution in [0.15, 0.2) is 0 Å². The van der Waals surface area contributed by atoms with E-state index in [4.69, 9.17) is 9.47 Å². The van der Waals surface area contributed by atoms with Gasteiger partial charge in [0.05, 0.1) is 6.04 Å². The number of rotatable bonds is 9. The SMILES string of the molecule is CCCC(C)C(NC)C(OCC)OCC. The Labute approximate surface area is 94.5 Å². The summed E-state index contributed by atoms with van der Waals surface area (Å²) in [6.07, 6.45) is 2.28. The first-order chi connectivity index (χ1) is 7.21. The van der Waals surface area contributed by atoms with Gasteiger partial charge < -0.3 is 14.8 Å². The molecule has 0 aromatic rings. The Morgan fingerprint density at radius 3 is 1.93 bits per heavy atom. The van der Waals surface area contributed by atoms with Gasteiger partial charge in [-0.05, 0) is 33.2 Å². The maximum Gasteiger partial charge on any atom is 0.172 e. The molecule has 0 spiro atoms. The molecule has 0 amide bonds. The van der Waals surface area contributed by atoms with Crippen molar-refractivity contribution in [2.45, 2.75) is 52.9 Å². The van der Waals surface area contributed by atoms with Gasteiger partial charge in [0, 0.05) is 13.2 Å². The fourth-order valence-electron chi connectivity index (χ4n) is 1.91. The highest BCUT2D eigenvalue weighted by molar-refractivity contribution is 4.75. The molecule has 0 aromatic heterocycles. The molecule has 1 N–H and O–H groups in total. The minimum Gasteiger partial charge on any atom is -0.351 e. The highest BCUT2D eigenvalue weighted by atomic mass is 16.7. The van der Waals surface area contributed by atoms with E-state index >= 15 is 0 Å². The van der Waals surface area contributed by atoms with Crippen molar-refractivity contribution < 1.29 is 9.47 Å². The lowest BCUT2D eigenvalue weighted by atomic mass is 9.96. The smallest absolute Gasteiger partial charge is 0.172 e. The molecule has 0 saturated carbocycles. The third kappa shape index (κ3) is 5.50. The monoisotopic (exact) mass is 217 g/mol. The van der Waals surface area contributed by atoms with Gasteiger partial charge in [0.15, 0.2) is 6.29 Å². The Bertz CT molecular complexity index is 136. The van der Waals surface area contributed by atoms with Gasteiger partial charge >= 0.3 is 0 Å². The fraction of sp³-hybridized carbons (Fsp3) is 1.00. The van der Waals surface area contributed by atoms with E-state index in [2.05, 4.69) is 19.2 Å². The maximum atomic E-state index is 5.62. The van der Waals surface area contributed by atoms with Crippen LogP contribution in [-0.4, -0.2) is 32.6 Å². The molecule has 0 fully saturated rings. The van der Waals surface area contributed by atoms with Crippen molar-refractivity contribution in [3.05, 3.63) is 0 Å². The largest absolute Gasteiger partial charge is 0.351 e. The fourth-order valence-corrected chi connectivity index (χ4v) is 1.91. The highest BCUT2D eigenvalue weighted by Crippen LogP contribution is 2.16. The average molecular weight is 217 g/mol. The summed E-state index contributed by atoms with van der Waals surface area (Å²) in [4.78, 5) is 0. The molecule has 0 radical (unpaired) electrons. The lowest BCUT2D eigenvalue weighted by Crippen LogP contribution is -2.45. The Morgan fingerprint density at radius 1 is 1.07 bits per heavy atom. The minimum absolute atomic E-state index is 0.119. The Kier molecular flexibility index (Phi) is 9.06. The molecule has 0 aromatic carbocycles. The van der Waals surface area contributed by atoms with Crippen molar-refractivity contribution in [1.82, 2.24) is 5.32 Å². The molecule has 2 unspecified atom stereocenters. The lowest BCUT2D eigenvalue weighted by Gasteiger charge is -2.30. The van der Waals surface area contributed by atoms with Crippen molar-refractivity contribution in [1.29, 1.82) is 0 Å². The summed E-state index contributed by atoms with van der Waals surface area (Å²) in [6, 6.07) is 0.282. The van der Waals surface area contributed by atoms with Crippen molar-refractivity contribution in [2.75, 3.05) is 20.3 Å². The predicted molar refractivity (Wildman–Crippen MR) is 64.0 cm³/mol. The summed E-state index contributed by atoms with van der Waals surface area (Å²) in [5, 5.41) is 3.31. The third-order valence-corrected chi connectivity index (χ3v) is 2.65. The Hall–Kier alpha value is -0.120. The van der Waals surface area contributed by atoms with Crippen LogP contribution in [0.4, 0.5) is 0 Å². The van der Waals surface area contributed by atoms with Crippen LogP contribution in [0.5, 0.6) is 0 Å². The van der Waals surface area contributed by atoms with E-state index in [1.165, 1.54) is 12.8 Å². The molecule has 3 nitrogen and oxygen atoms in total. The zero-order valence-corrected chi connectivity index (χ0v) is 10.9. The summed E-state index contributed by atoms with van der Waals surface area (Å²) in [6.45, 7) is 9.85. The Balaban J connectivity index is 4.28. The van der Waals surface area contributed by atoms with Gasteiger partial charge in [0.25, 0.3) is 0 Å². The van der Waals surface area contributed by atoms with Crippen LogP contribution >= 0.6 is 0 Å². The molecular weight excluding hydrogens is 190 g/mol. The summed E-state index contributed by atoms with van der Waals surface area (Å²) in [5.41, 5.74) is 0. The first-order valence-corrected chi connectivity index (χ1v) is 6.11. The van der Waals surface area contributed by atoms with E-state index in [0.29, 0.717) is 19.1 Å². The molecule has 2 atom stereocenters. The standard InChI is InChI=1S/C12H27NO2/c1-6-9-10(4)11(13-5)12(14-7-2)15-8-3/h10-13H,6-9H2,1-5H3. The molecular formula is C12H27NO2. The first-order valence-electron chi connectivity index (χ1n) is 6.11. The molecule has 0 saturated heterocycles. The number of likely N-dealkylation sites (N-methyl/N-ethyl adjacent to an activating group) is 1. The molecule has 0 aliphatic carbocycles. The van der Waals surface area contributed by atoms with Crippen LogP contribution in [0.1, 0.15) is 40.5 Å². The highest BCUT2D eigenvalue weighted by Gasteiger charge is 2.25. The number of hydrogen-bond acceptors (Lipinski definition) is 3. The minimum atomic E-state index is -0.119. The van der Waals surface area contributed by atoms with E-state index < -0.39 is 0 Å². The van der Waals surface area contributed by atoms with Gasteiger partial charge in [-0.1, -0.05) is 20.3 Å². The van der Waals surface area contributed by atoms with E-state index in [-0.39, 0.29) is 12.3 Å². The molecule has 0 aliphatic rings. The second-order valence-corrected chi connectivity index (χ2v) is 3.86. The number of hydrogen-bond donors (Lipinski definition) is 1. The molecule has 15 heavy (non-hydrogen) atoms. The van der Waals surface area contributed by atoms with E-state index in [1.807, 2.05) is 20.9 Å². The van der Waals surface area contributed by atoms with Crippen molar-refractivity contribution in [2.24, 2.45) is 5.92 Å². The van der Waals surface area contributed by atoms with E-state index in [9.17, 15) is 0 Å². The lowest BCUT2D eigenvalue weighted by molar-refractivity contribution is -0.161. The van der Waals surface area contributed by atoms with Gasteiger partial charge in [0.2, 0.25) is 0 Å². The maximum absolute atomic E-state index is 5.62. The summed E-state index contributed by atoms with van der Waals surface area (Å²) < 4.78 is 11.2. The van der Waals surface area contributed by atoms with Gasteiger partial charge in [-0.25, -0.2) is 0 Å². The molecule has 0 rings (SSSR count). The van der Waals surface area contributed by atoms with Gasteiger partial charge in [-0.15, -0.1) is 0 Å². The first kappa shape index (κ1) is 14.9. The second-order valence-electron chi connectivity index (χ2n) is 3.86. The van der Waals surface area contributed by atoms with Gasteiger partial charge in [-0.2, -0.15) is 0 Å². The summed E-state index contributed by atoms with van der Waals surface area (Å²) >= 11 is 0. The molecule has 0 bridgehead atoms. The number of nitrogens with one attached hydrogen (secondary N) is 1. The van der Waals surface area contributed by atoms with Gasteiger partial charge in [-0.3, -0.25) is 0 Å². The van der Waals surface area contributed by atoms with Crippen molar-refractivity contribution in [3.8, 4) is 0 Å². The molecule has 0 heterocycles. The van der Waals surface area contributed by atoms with Gasteiger partial charge in [0.1, 0.15) is 0 Å². The van der Waals surface area contributed by atoms with Crippen LogP contribution < -0.4 is 5.32 Å². The summed E-state index contributed by atoms with van der Waals surface area (Å²) in [5.74, 6) is 0.572. The van der Waals surface area contributed by atoms with Crippen molar-refractivity contribution in [3.63, 3.8) is 0 Å². The zero-order chi connectivity index (χ0) is 11.7. The van der Waals surface area contributed by atoms with Crippen LogP contribution in [-0.2, 0) is 9.47 Å². The zero-order valence-electron chi connectivity index (χ0n) is 10.9. The van der Waals surface area contributed by atoms with Crippen LogP contribution in [0.25, 0.3) is 0 Å². The normalized spacial score (nSPS) is 15.6. The summed E-state index contributed by atoms with van der Waals surface area (Å²) in [7, 11) is 1.97. The molecule has 3 heteroatoms. The topological polar surface area (TPSA) is 30.5 Å².